The molecule has 0 fully saturated rings. The van der Waals surface area contributed by atoms with Crippen LogP contribution < -0.4 is 10.5 Å². The lowest BCUT2D eigenvalue weighted by Crippen LogP contribution is -2.09. The van der Waals surface area contributed by atoms with Gasteiger partial charge in [-0.3, -0.25) is 0 Å². The van der Waals surface area contributed by atoms with Crippen LogP contribution in [0.2, 0.25) is 0 Å². The maximum absolute atomic E-state index is 5.77. The summed E-state index contributed by atoms with van der Waals surface area (Å²) in [4.78, 5) is 4.53. The zero-order valence-electron chi connectivity index (χ0n) is 12.4. The van der Waals surface area contributed by atoms with Crippen LogP contribution in [0, 0.1) is 0 Å². The van der Waals surface area contributed by atoms with Crippen molar-refractivity contribution >= 4 is 10.9 Å². The molecular formula is C16H22N2O3. The molecule has 0 saturated heterocycles. The predicted molar refractivity (Wildman–Crippen MR) is 82.4 cm³/mol. The number of nitrogens with zero attached hydrogens (tertiary/aromatic N) is 1. The minimum Gasteiger partial charge on any atom is -0.477 e. The molecule has 1 aromatic carbocycles. The van der Waals surface area contributed by atoms with Crippen LogP contribution in [-0.2, 0) is 16.0 Å². The van der Waals surface area contributed by atoms with Gasteiger partial charge in [0.25, 0.3) is 0 Å². The first-order valence-electron chi connectivity index (χ1n) is 7.13. The van der Waals surface area contributed by atoms with E-state index in [9.17, 15) is 0 Å². The van der Waals surface area contributed by atoms with Gasteiger partial charge in [0, 0.05) is 37.6 Å². The third-order valence-electron chi connectivity index (χ3n) is 3.09. The predicted octanol–water partition coefficient (Wildman–Crippen LogP) is 2.13. The van der Waals surface area contributed by atoms with Gasteiger partial charge in [-0.05, 0) is 12.1 Å². The van der Waals surface area contributed by atoms with Crippen molar-refractivity contribution in [2.75, 3.05) is 33.5 Å². The molecule has 1 aromatic heterocycles. The maximum atomic E-state index is 5.77. The monoisotopic (exact) mass is 290 g/mol. The van der Waals surface area contributed by atoms with Gasteiger partial charge in [0.05, 0.1) is 25.3 Å². The van der Waals surface area contributed by atoms with Crippen molar-refractivity contribution in [3.05, 3.63) is 35.9 Å². The highest BCUT2D eigenvalue weighted by Crippen LogP contribution is 2.21. The summed E-state index contributed by atoms with van der Waals surface area (Å²) in [5, 5.41) is 1.08. The van der Waals surface area contributed by atoms with Crippen LogP contribution in [0.1, 0.15) is 12.0 Å². The lowest BCUT2D eigenvalue weighted by Gasteiger charge is -2.11. The highest BCUT2D eigenvalue weighted by atomic mass is 16.5. The Morgan fingerprint density at radius 3 is 2.76 bits per heavy atom. The smallest absolute Gasteiger partial charge is 0.218 e. The number of para-hydroxylation sites is 1. The molecule has 5 heteroatoms. The quantitative estimate of drug-likeness (QED) is 0.717. The maximum Gasteiger partial charge on any atom is 0.218 e. The number of ether oxygens (including phenoxy) is 3. The molecular weight excluding hydrogens is 268 g/mol. The van der Waals surface area contributed by atoms with Gasteiger partial charge in [-0.2, -0.15) is 0 Å². The normalized spacial score (nSPS) is 11.0. The number of nitrogens with two attached hydrogens (primary N) is 1. The number of hydrogen-bond donors (Lipinski definition) is 1. The summed E-state index contributed by atoms with van der Waals surface area (Å²) in [6, 6.07) is 9.98. The van der Waals surface area contributed by atoms with E-state index in [1.807, 2.05) is 30.3 Å². The first kappa shape index (κ1) is 15.7. The second-order valence-electron chi connectivity index (χ2n) is 4.66. The largest absolute Gasteiger partial charge is 0.477 e. The van der Waals surface area contributed by atoms with E-state index in [1.54, 1.807) is 7.11 Å². The van der Waals surface area contributed by atoms with E-state index in [1.165, 1.54) is 0 Å². The average Bonchev–Trinajstić information content (AvgIpc) is 2.53. The summed E-state index contributed by atoms with van der Waals surface area (Å²) in [6.07, 6.45) is 0.808. The number of rotatable bonds is 9. The van der Waals surface area contributed by atoms with Gasteiger partial charge < -0.3 is 19.9 Å². The molecule has 21 heavy (non-hydrogen) atoms. The van der Waals surface area contributed by atoms with E-state index in [4.69, 9.17) is 19.9 Å². The van der Waals surface area contributed by atoms with Crippen molar-refractivity contribution in [3.63, 3.8) is 0 Å². The van der Waals surface area contributed by atoms with Gasteiger partial charge in [0.15, 0.2) is 0 Å². The summed E-state index contributed by atoms with van der Waals surface area (Å²) in [6.45, 7) is 2.85. The van der Waals surface area contributed by atoms with E-state index in [-0.39, 0.29) is 0 Å². The van der Waals surface area contributed by atoms with E-state index in [2.05, 4.69) is 4.98 Å². The van der Waals surface area contributed by atoms with E-state index < -0.39 is 0 Å². The van der Waals surface area contributed by atoms with Crippen molar-refractivity contribution < 1.29 is 14.2 Å². The highest BCUT2D eigenvalue weighted by molar-refractivity contribution is 5.79. The molecule has 0 atom stereocenters. The number of fused-ring (bicyclic) bond motifs is 1. The van der Waals surface area contributed by atoms with Crippen LogP contribution >= 0.6 is 0 Å². The minimum absolute atomic E-state index is 0.414. The molecule has 2 rings (SSSR count). The zero-order chi connectivity index (χ0) is 14.9. The lowest BCUT2D eigenvalue weighted by molar-refractivity contribution is 0.0641. The molecule has 0 unspecified atom stereocenters. The van der Waals surface area contributed by atoms with Crippen molar-refractivity contribution in [3.8, 4) is 5.88 Å². The van der Waals surface area contributed by atoms with Gasteiger partial charge >= 0.3 is 0 Å². The first-order chi connectivity index (χ1) is 10.3. The molecule has 0 aliphatic heterocycles. The number of pyridine rings is 1. The molecule has 0 saturated carbocycles. The standard InChI is InChI=1S/C16H22N2O3/c1-19-9-10-20-7-4-8-21-16-14(12-17)11-13-5-2-3-6-15(13)18-16/h2-3,5-6,11H,4,7-10,12,17H2,1H3. The van der Waals surface area contributed by atoms with Crippen LogP contribution in [0.25, 0.3) is 10.9 Å². The third-order valence-corrected chi connectivity index (χ3v) is 3.09. The van der Waals surface area contributed by atoms with Gasteiger partial charge in [-0.1, -0.05) is 18.2 Å². The molecule has 0 amide bonds. The Hall–Kier alpha value is -1.69. The van der Waals surface area contributed by atoms with Gasteiger partial charge in [-0.15, -0.1) is 0 Å². The minimum atomic E-state index is 0.414. The van der Waals surface area contributed by atoms with Crippen molar-refractivity contribution in [1.82, 2.24) is 4.98 Å². The van der Waals surface area contributed by atoms with Crippen LogP contribution in [0.4, 0.5) is 0 Å². The van der Waals surface area contributed by atoms with Crippen molar-refractivity contribution in [2.24, 2.45) is 5.73 Å². The molecule has 2 N–H and O–H groups in total. The fourth-order valence-corrected chi connectivity index (χ4v) is 1.99. The fourth-order valence-electron chi connectivity index (χ4n) is 1.99. The number of hydrogen-bond acceptors (Lipinski definition) is 5. The second-order valence-corrected chi connectivity index (χ2v) is 4.66. The Morgan fingerprint density at radius 2 is 1.95 bits per heavy atom. The summed E-state index contributed by atoms with van der Waals surface area (Å²) < 4.78 is 16.0. The Balaban J connectivity index is 1.88. The summed E-state index contributed by atoms with van der Waals surface area (Å²) in [5.41, 5.74) is 7.61. The third kappa shape index (κ3) is 4.67. The van der Waals surface area contributed by atoms with E-state index >= 15 is 0 Å². The molecule has 0 aliphatic carbocycles. The number of aromatic nitrogens is 1. The lowest BCUT2D eigenvalue weighted by atomic mass is 10.1. The van der Waals surface area contributed by atoms with Gasteiger partial charge in [0.2, 0.25) is 5.88 Å². The molecule has 1 heterocycles. The molecule has 0 aliphatic rings. The van der Waals surface area contributed by atoms with Crippen molar-refractivity contribution in [2.45, 2.75) is 13.0 Å². The van der Waals surface area contributed by atoms with E-state index in [0.717, 1.165) is 22.9 Å². The Bertz CT molecular complexity index is 560. The van der Waals surface area contributed by atoms with Crippen LogP contribution in [0.15, 0.2) is 30.3 Å². The van der Waals surface area contributed by atoms with Crippen LogP contribution in [0.5, 0.6) is 5.88 Å². The molecule has 2 aromatic rings. The number of methoxy groups -OCH3 is 1. The summed E-state index contributed by atoms with van der Waals surface area (Å²) >= 11 is 0. The van der Waals surface area contributed by atoms with Crippen LogP contribution in [0.3, 0.4) is 0 Å². The van der Waals surface area contributed by atoms with Crippen LogP contribution in [-0.4, -0.2) is 38.5 Å². The Kier molecular flexibility index (Phi) is 6.40. The molecule has 0 spiro atoms. The highest BCUT2D eigenvalue weighted by Gasteiger charge is 2.06. The molecule has 114 valence electrons. The second kappa shape index (κ2) is 8.56. The summed E-state index contributed by atoms with van der Waals surface area (Å²) in [5.74, 6) is 0.619. The Morgan fingerprint density at radius 1 is 1.10 bits per heavy atom. The van der Waals surface area contributed by atoms with Gasteiger partial charge in [0.1, 0.15) is 0 Å². The molecule has 0 radical (unpaired) electrons. The molecule has 0 bridgehead atoms. The zero-order valence-corrected chi connectivity index (χ0v) is 12.4. The SMILES string of the molecule is COCCOCCCOc1nc2ccccc2cc1CN. The van der Waals surface area contributed by atoms with Gasteiger partial charge in [-0.25, -0.2) is 4.98 Å². The molecule has 5 nitrogen and oxygen atoms in total. The fraction of sp³-hybridized carbons (Fsp3) is 0.438. The Labute approximate surface area is 125 Å². The van der Waals surface area contributed by atoms with Crippen molar-refractivity contribution in [1.29, 1.82) is 0 Å². The number of benzene rings is 1. The van der Waals surface area contributed by atoms with E-state index in [0.29, 0.717) is 38.9 Å². The average molecular weight is 290 g/mol. The first-order valence-corrected chi connectivity index (χ1v) is 7.13. The topological polar surface area (TPSA) is 66.6 Å². The summed E-state index contributed by atoms with van der Waals surface area (Å²) in [7, 11) is 1.66.